The first-order valence-electron chi connectivity index (χ1n) is 5.98. The molecule has 0 unspecified atom stereocenters. The highest BCUT2D eigenvalue weighted by atomic mass is 35.5. The number of likely N-dealkylation sites (tertiary alicyclic amines) is 1. The van der Waals surface area contributed by atoms with Crippen LogP contribution >= 0.6 is 11.6 Å². The zero-order valence-corrected chi connectivity index (χ0v) is 11.2. The molecule has 0 atom stereocenters. The van der Waals surface area contributed by atoms with Gasteiger partial charge in [0.2, 0.25) is 5.91 Å². The number of benzene rings is 1. The molecule has 1 heterocycles. The Bertz CT molecular complexity index is 572. The van der Waals surface area contributed by atoms with E-state index in [1.807, 2.05) is 0 Å². The van der Waals surface area contributed by atoms with E-state index >= 15 is 0 Å². The topological polar surface area (TPSA) is 83.9 Å². The first-order chi connectivity index (χ1) is 9.49. The van der Waals surface area contributed by atoms with Crippen LogP contribution in [0.4, 0.5) is 0 Å². The third kappa shape index (κ3) is 3.08. The number of imide groups is 1. The van der Waals surface area contributed by atoms with Gasteiger partial charge in [0.1, 0.15) is 11.3 Å². The van der Waals surface area contributed by atoms with Gasteiger partial charge in [-0.05, 0) is 24.6 Å². The number of amides is 2. The minimum Gasteiger partial charge on any atom is -0.507 e. The molecule has 0 saturated carbocycles. The Hall–Kier alpha value is -2.08. The van der Waals surface area contributed by atoms with Crippen molar-refractivity contribution in [3.05, 3.63) is 28.8 Å². The molecule has 6 nitrogen and oxygen atoms in total. The lowest BCUT2D eigenvalue weighted by molar-refractivity contribution is -0.143. The molecule has 2 amide bonds. The molecule has 0 aliphatic carbocycles. The fourth-order valence-electron chi connectivity index (χ4n) is 1.87. The monoisotopic (exact) mass is 297 g/mol. The van der Waals surface area contributed by atoms with Crippen LogP contribution in [0.15, 0.2) is 18.2 Å². The number of ether oxygens (including phenoxy) is 1. The largest absolute Gasteiger partial charge is 0.507 e. The SMILES string of the molecule is O=C(OCC(=O)N1CCCC1=O)c1ccc(Cl)cc1O. The number of rotatable bonds is 3. The van der Waals surface area contributed by atoms with E-state index in [4.69, 9.17) is 16.3 Å². The predicted octanol–water partition coefficient (Wildman–Crippen LogP) is 1.35. The van der Waals surface area contributed by atoms with Crippen molar-refractivity contribution in [2.75, 3.05) is 13.2 Å². The number of aromatic hydroxyl groups is 1. The molecular weight excluding hydrogens is 286 g/mol. The molecule has 1 N–H and O–H groups in total. The van der Waals surface area contributed by atoms with E-state index < -0.39 is 18.5 Å². The van der Waals surface area contributed by atoms with Crippen LogP contribution in [0.2, 0.25) is 5.02 Å². The highest BCUT2D eigenvalue weighted by Gasteiger charge is 2.27. The fraction of sp³-hybridized carbons (Fsp3) is 0.308. The van der Waals surface area contributed by atoms with Crippen LogP contribution in [0, 0.1) is 0 Å². The summed E-state index contributed by atoms with van der Waals surface area (Å²) < 4.78 is 4.79. The second-order valence-electron chi connectivity index (χ2n) is 4.28. The van der Waals surface area contributed by atoms with E-state index in [1.165, 1.54) is 18.2 Å². The van der Waals surface area contributed by atoms with Crippen molar-refractivity contribution in [3.8, 4) is 5.75 Å². The molecule has 0 spiro atoms. The lowest BCUT2D eigenvalue weighted by atomic mass is 10.2. The summed E-state index contributed by atoms with van der Waals surface area (Å²) in [6.07, 6.45) is 0.953. The molecule has 1 aromatic carbocycles. The van der Waals surface area contributed by atoms with Crippen molar-refractivity contribution >= 4 is 29.4 Å². The molecule has 7 heteroatoms. The van der Waals surface area contributed by atoms with Crippen molar-refractivity contribution in [1.82, 2.24) is 4.90 Å². The number of carbonyl (C=O) groups excluding carboxylic acids is 3. The van der Waals surface area contributed by atoms with Gasteiger partial charge in [-0.1, -0.05) is 11.6 Å². The van der Waals surface area contributed by atoms with Crippen molar-refractivity contribution in [2.24, 2.45) is 0 Å². The molecule has 1 aliphatic rings. The zero-order valence-electron chi connectivity index (χ0n) is 10.5. The normalized spacial score (nSPS) is 14.4. The summed E-state index contributed by atoms with van der Waals surface area (Å²) in [6, 6.07) is 3.92. The smallest absolute Gasteiger partial charge is 0.342 e. The van der Waals surface area contributed by atoms with Crippen molar-refractivity contribution in [2.45, 2.75) is 12.8 Å². The molecule has 0 radical (unpaired) electrons. The van der Waals surface area contributed by atoms with Gasteiger partial charge >= 0.3 is 5.97 Å². The Balaban J connectivity index is 1.95. The molecule has 1 aromatic rings. The third-order valence-corrected chi connectivity index (χ3v) is 3.12. The summed E-state index contributed by atoms with van der Waals surface area (Å²) in [4.78, 5) is 35.8. The quantitative estimate of drug-likeness (QED) is 0.851. The molecule has 20 heavy (non-hydrogen) atoms. The maximum Gasteiger partial charge on any atom is 0.342 e. The van der Waals surface area contributed by atoms with Gasteiger partial charge in [0.25, 0.3) is 5.91 Å². The Morgan fingerprint density at radius 3 is 2.75 bits per heavy atom. The number of phenols is 1. The maximum absolute atomic E-state index is 11.7. The van der Waals surface area contributed by atoms with Crippen LogP contribution in [0.5, 0.6) is 5.75 Å². The van der Waals surface area contributed by atoms with Gasteiger partial charge in [-0.2, -0.15) is 0 Å². The van der Waals surface area contributed by atoms with E-state index in [0.717, 1.165) is 4.90 Å². The Morgan fingerprint density at radius 1 is 1.40 bits per heavy atom. The van der Waals surface area contributed by atoms with Crippen molar-refractivity contribution < 1.29 is 24.2 Å². The molecule has 106 valence electrons. The Kier molecular flexibility index (Phi) is 4.24. The molecule has 0 aromatic heterocycles. The van der Waals surface area contributed by atoms with Crippen LogP contribution in [0.3, 0.4) is 0 Å². The van der Waals surface area contributed by atoms with Gasteiger partial charge in [0.05, 0.1) is 0 Å². The van der Waals surface area contributed by atoms with Gasteiger partial charge in [0, 0.05) is 18.0 Å². The minimum atomic E-state index is -0.848. The zero-order chi connectivity index (χ0) is 14.7. The lowest BCUT2D eigenvalue weighted by Gasteiger charge is -2.13. The fourth-order valence-corrected chi connectivity index (χ4v) is 2.04. The molecular formula is C13H12ClNO5. The highest BCUT2D eigenvalue weighted by Crippen LogP contribution is 2.22. The summed E-state index contributed by atoms with van der Waals surface area (Å²) in [6.45, 7) is -0.186. The van der Waals surface area contributed by atoms with E-state index in [9.17, 15) is 19.5 Å². The summed E-state index contributed by atoms with van der Waals surface area (Å²) >= 11 is 5.64. The highest BCUT2D eigenvalue weighted by molar-refractivity contribution is 6.30. The summed E-state index contributed by atoms with van der Waals surface area (Å²) in [5.74, 6) is -2.00. The Morgan fingerprint density at radius 2 is 2.15 bits per heavy atom. The standard InChI is InChI=1S/C13H12ClNO5/c14-8-3-4-9(10(16)6-8)13(19)20-7-12(18)15-5-1-2-11(15)17/h3-4,6,16H,1-2,5,7H2. The summed E-state index contributed by atoms with van der Waals surface area (Å²) in [5.41, 5.74) is -0.0880. The van der Waals surface area contributed by atoms with Crippen molar-refractivity contribution in [1.29, 1.82) is 0 Å². The molecule has 0 bridgehead atoms. The van der Waals surface area contributed by atoms with Crippen molar-refractivity contribution in [3.63, 3.8) is 0 Å². The van der Waals surface area contributed by atoms with Crippen LogP contribution < -0.4 is 0 Å². The second-order valence-corrected chi connectivity index (χ2v) is 4.72. The van der Waals surface area contributed by atoms with Gasteiger partial charge in [0.15, 0.2) is 6.61 Å². The van der Waals surface area contributed by atoms with Crippen LogP contribution in [-0.4, -0.2) is 40.9 Å². The number of hydrogen-bond acceptors (Lipinski definition) is 5. The summed E-state index contributed by atoms with van der Waals surface area (Å²) in [7, 11) is 0. The van der Waals surface area contributed by atoms with Gasteiger partial charge in [-0.25, -0.2) is 4.79 Å². The molecule has 1 aliphatic heterocycles. The average molecular weight is 298 g/mol. The predicted molar refractivity (Wildman–Crippen MR) is 69.4 cm³/mol. The molecule has 1 fully saturated rings. The lowest BCUT2D eigenvalue weighted by Crippen LogP contribution is -2.35. The number of hydrogen-bond donors (Lipinski definition) is 1. The van der Waals surface area contributed by atoms with Crippen LogP contribution in [0.1, 0.15) is 23.2 Å². The van der Waals surface area contributed by atoms with E-state index in [0.29, 0.717) is 19.4 Å². The average Bonchev–Trinajstić information content (AvgIpc) is 2.82. The first-order valence-corrected chi connectivity index (χ1v) is 6.35. The number of carbonyl (C=O) groups is 3. The number of phenolic OH excluding ortho intramolecular Hbond substituents is 1. The second kappa shape index (κ2) is 5.92. The molecule has 1 saturated heterocycles. The van der Waals surface area contributed by atoms with Crippen LogP contribution in [0.25, 0.3) is 0 Å². The minimum absolute atomic E-state index is 0.0880. The Labute approximate surface area is 119 Å². The van der Waals surface area contributed by atoms with Gasteiger partial charge in [-0.3, -0.25) is 14.5 Å². The number of esters is 1. The number of nitrogens with zero attached hydrogens (tertiary/aromatic N) is 1. The first kappa shape index (κ1) is 14.3. The maximum atomic E-state index is 11.7. The van der Waals surface area contributed by atoms with Gasteiger partial charge in [-0.15, -0.1) is 0 Å². The van der Waals surface area contributed by atoms with Gasteiger partial charge < -0.3 is 9.84 Å². The van der Waals surface area contributed by atoms with E-state index in [-0.39, 0.29) is 22.2 Å². The molecule has 2 rings (SSSR count). The van der Waals surface area contributed by atoms with E-state index in [2.05, 4.69) is 0 Å². The number of halogens is 1. The summed E-state index contributed by atoms with van der Waals surface area (Å²) in [5, 5.41) is 9.82. The third-order valence-electron chi connectivity index (χ3n) is 2.88. The van der Waals surface area contributed by atoms with E-state index in [1.54, 1.807) is 0 Å². The van der Waals surface area contributed by atoms with Crippen LogP contribution in [-0.2, 0) is 14.3 Å².